The third kappa shape index (κ3) is 2.50. The minimum absolute atomic E-state index is 0.0627. The number of hydrogen-bond donors (Lipinski definition) is 2. The zero-order chi connectivity index (χ0) is 15.2. The van der Waals surface area contributed by atoms with E-state index in [9.17, 15) is 4.79 Å². The predicted molar refractivity (Wildman–Crippen MR) is 87.8 cm³/mol. The molecule has 0 bridgehead atoms. The summed E-state index contributed by atoms with van der Waals surface area (Å²) in [5.41, 5.74) is 9.13. The molecule has 3 N–H and O–H groups in total. The van der Waals surface area contributed by atoms with Gasteiger partial charge in [0.25, 0.3) is 5.91 Å². The van der Waals surface area contributed by atoms with Gasteiger partial charge in [-0.15, -0.1) is 11.3 Å². The molecule has 1 saturated carbocycles. The average molecular weight is 303 g/mol. The molecule has 2 heterocycles. The van der Waals surface area contributed by atoms with Crippen LogP contribution in [0.4, 0.5) is 5.69 Å². The molecule has 0 aliphatic heterocycles. The molecule has 4 nitrogen and oxygen atoms in total. The van der Waals surface area contributed by atoms with Gasteiger partial charge in [0.05, 0.1) is 5.69 Å². The number of aryl methyl sites for hydroxylation is 2. The standard InChI is InChI=1S/C16H21N3OS/c1-4-16(5-6-16)8-18-14(20)13-12(17)11-9(2)7-10(3)19-15(11)21-13/h7H,4-6,8,17H2,1-3H3,(H,18,20). The summed E-state index contributed by atoms with van der Waals surface area (Å²) >= 11 is 1.39. The number of amides is 1. The molecular weight excluding hydrogens is 282 g/mol. The van der Waals surface area contributed by atoms with E-state index in [-0.39, 0.29) is 5.91 Å². The molecule has 0 spiro atoms. The second-order valence-corrected chi connectivity index (χ2v) is 7.14. The van der Waals surface area contributed by atoms with Crippen molar-refractivity contribution in [2.24, 2.45) is 5.41 Å². The lowest BCUT2D eigenvalue weighted by molar-refractivity contribution is 0.0949. The molecule has 0 atom stereocenters. The highest BCUT2D eigenvalue weighted by Gasteiger charge is 2.40. The lowest BCUT2D eigenvalue weighted by Crippen LogP contribution is -2.29. The topological polar surface area (TPSA) is 68.0 Å². The largest absolute Gasteiger partial charge is 0.397 e. The molecule has 21 heavy (non-hydrogen) atoms. The maximum atomic E-state index is 12.4. The molecule has 0 saturated heterocycles. The van der Waals surface area contributed by atoms with Crippen LogP contribution in [0.5, 0.6) is 0 Å². The Labute approximate surface area is 128 Å². The number of pyridine rings is 1. The zero-order valence-corrected chi connectivity index (χ0v) is 13.6. The first-order chi connectivity index (χ1) is 9.96. The molecule has 0 aromatic carbocycles. The van der Waals surface area contributed by atoms with Crippen molar-refractivity contribution in [1.29, 1.82) is 0 Å². The van der Waals surface area contributed by atoms with E-state index in [1.807, 2.05) is 19.9 Å². The van der Waals surface area contributed by atoms with Gasteiger partial charge >= 0.3 is 0 Å². The fraction of sp³-hybridized carbons (Fsp3) is 0.500. The van der Waals surface area contributed by atoms with Gasteiger partial charge in [-0.05, 0) is 50.2 Å². The molecule has 1 fully saturated rings. The van der Waals surface area contributed by atoms with E-state index in [0.717, 1.165) is 34.4 Å². The van der Waals surface area contributed by atoms with E-state index in [2.05, 4.69) is 17.2 Å². The number of hydrogen-bond acceptors (Lipinski definition) is 4. The van der Waals surface area contributed by atoms with Crippen LogP contribution in [-0.4, -0.2) is 17.4 Å². The van der Waals surface area contributed by atoms with Crippen LogP contribution in [0, 0.1) is 19.3 Å². The number of nitrogens with two attached hydrogens (primary N) is 1. The van der Waals surface area contributed by atoms with Gasteiger partial charge in [0, 0.05) is 17.6 Å². The molecular formula is C16H21N3OS. The van der Waals surface area contributed by atoms with Gasteiger partial charge in [-0.25, -0.2) is 4.98 Å². The third-order valence-electron chi connectivity index (χ3n) is 4.56. The number of thiophene rings is 1. The maximum Gasteiger partial charge on any atom is 0.263 e. The van der Waals surface area contributed by atoms with Gasteiger partial charge in [0.2, 0.25) is 0 Å². The number of anilines is 1. The van der Waals surface area contributed by atoms with Crippen molar-refractivity contribution >= 4 is 33.1 Å². The Morgan fingerprint density at radius 1 is 1.48 bits per heavy atom. The number of nitrogen functional groups attached to an aromatic ring is 1. The summed E-state index contributed by atoms with van der Waals surface area (Å²) in [7, 11) is 0. The van der Waals surface area contributed by atoms with Crippen molar-refractivity contribution in [3.05, 3.63) is 22.2 Å². The highest BCUT2D eigenvalue weighted by Crippen LogP contribution is 2.48. The highest BCUT2D eigenvalue weighted by molar-refractivity contribution is 7.21. The minimum Gasteiger partial charge on any atom is -0.397 e. The van der Waals surface area contributed by atoms with E-state index in [1.54, 1.807) is 0 Å². The van der Waals surface area contributed by atoms with Crippen LogP contribution < -0.4 is 11.1 Å². The first kappa shape index (κ1) is 14.3. The molecule has 2 aromatic heterocycles. The summed E-state index contributed by atoms with van der Waals surface area (Å²) in [6.45, 7) is 6.91. The van der Waals surface area contributed by atoms with E-state index in [4.69, 9.17) is 5.73 Å². The number of fused-ring (bicyclic) bond motifs is 1. The van der Waals surface area contributed by atoms with E-state index >= 15 is 0 Å². The minimum atomic E-state index is -0.0627. The number of rotatable bonds is 4. The lowest BCUT2D eigenvalue weighted by atomic mass is 10.0. The van der Waals surface area contributed by atoms with Crippen LogP contribution in [-0.2, 0) is 0 Å². The molecule has 1 aliphatic carbocycles. The van der Waals surface area contributed by atoms with Crippen LogP contribution in [0.2, 0.25) is 0 Å². The molecule has 0 unspecified atom stereocenters. The number of carbonyl (C=O) groups excluding carboxylic acids is 1. The monoisotopic (exact) mass is 303 g/mol. The number of nitrogens with zero attached hydrogens (tertiary/aromatic N) is 1. The fourth-order valence-electron chi connectivity index (χ4n) is 2.82. The smallest absolute Gasteiger partial charge is 0.263 e. The van der Waals surface area contributed by atoms with Crippen molar-refractivity contribution in [2.45, 2.75) is 40.0 Å². The van der Waals surface area contributed by atoms with Crippen LogP contribution in [0.15, 0.2) is 6.07 Å². The van der Waals surface area contributed by atoms with Crippen molar-refractivity contribution in [1.82, 2.24) is 10.3 Å². The van der Waals surface area contributed by atoms with Crippen molar-refractivity contribution in [2.75, 3.05) is 12.3 Å². The number of nitrogens with one attached hydrogen (secondary N) is 1. The van der Waals surface area contributed by atoms with Crippen molar-refractivity contribution in [3.63, 3.8) is 0 Å². The first-order valence-electron chi connectivity index (χ1n) is 7.40. The maximum absolute atomic E-state index is 12.4. The molecule has 0 radical (unpaired) electrons. The van der Waals surface area contributed by atoms with Gasteiger partial charge in [0.1, 0.15) is 9.71 Å². The van der Waals surface area contributed by atoms with Gasteiger partial charge in [-0.1, -0.05) is 6.92 Å². The summed E-state index contributed by atoms with van der Waals surface area (Å²) in [5.74, 6) is -0.0627. The zero-order valence-electron chi connectivity index (χ0n) is 12.7. The number of carbonyl (C=O) groups is 1. The molecule has 1 aliphatic rings. The lowest BCUT2D eigenvalue weighted by Gasteiger charge is -2.12. The van der Waals surface area contributed by atoms with Crippen LogP contribution in [0.3, 0.4) is 0 Å². The number of aromatic nitrogens is 1. The highest BCUT2D eigenvalue weighted by atomic mass is 32.1. The van der Waals surface area contributed by atoms with E-state index in [1.165, 1.54) is 24.2 Å². The normalized spacial score (nSPS) is 16.1. The molecule has 3 rings (SSSR count). The summed E-state index contributed by atoms with van der Waals surface area (Å²) < 4.78 is 0. The second-order valence-electron chi connectivity index (χ2n) is 6.14. The van der Waals surface area contributed by atoms with Crippen molar-refractivity contribution in [3.8, 4) is 0 Å². The van der Waals surface area contributed by atoms with Gasteiger partial charge in [-0.3, -0.25) is 4.79 Å². The molecule has 1 amide bonds. The Morgan fingerprint density at radius 2 is 2.19 bits per heavy atom. The SMILES string of the molecule is CCC1(CNC(=O)c2sc3nc(C)cc(C)c3c2N)CC1. The Hall–Kier alpha value is -1.62. The molecule has 112 valence electrons. The second kappa shape index (κ2) is 4.98. The predicted octanol–water partition coefficient (Wildman–Crippen LogP) is 3.42. The quantitative estimate of drug-likeness (QED) is 0.909. The summed E-state index contributed by atoms with van der Waals surface area (Å²) in [5, 5.41) is 3.98. The molecule has 5 heteroatoms. The van der Waals surface area contributed by atoms with Gasteiger partial charge < -0.3 is 11.1 Å². The van der Waals surface area contributed by atoms with E-state index < -0.39 is 0 Å². The van der Waals surface area contributed by atoms with Gasteiger partial charge in [0.15, 0.2) is 0 Å². The Balaban J connectivity index is 1.88. The van der Waals surface area contributed by atoms with E-state index in [0.29, 0.717) is 16.0 Å². The van der Waals surface area contributed by atoms with Crippen LogP contribution in [0.1, 0.15) is 47.1 Å². The van der Waals surface area contributed by atoms with Gasteiger partial charge in [-0.2, -0.15) is 0 Å². The Morgan fingerprint density at radius 3 is 2.81 bits per heavy atom. The summed E-state index contributed by atoms with van der Waals surface area (Å²) in [4.78, 5) is 18.4. The summed E-state index contributed by atoms with van der Waals surface area (Å²) in [6.07, 6.45) is 3.55. The molecule has 2 aromatic rings. The Kier molecular flexibility index (Phi) is 3.40. The summed E-state index contributed by atoms with van der Waals surface area (Å²) in [6, 6.07) is 2.00. The Bertz CT molecular complexity index is 716. The first-order valence-corrected chi connectivity index (χ1v) is 8.22. The third-order valence-corrected chi connectivity index (χ3v) is 5.66. The van der Waals surface area contributed by atoms with Crippen molar-refractivity contribution < 1.29 is 4.79 Å². The average Bonchev–Trinajstić information content (AvgIpc) is 3.14. The van der Waals surface area contributed by atoms with Crippen LogP contribution in [0.25, 0.3) is 10.2 Å². The fourth-order valence-corrected chi connectivity index (χ4v) is 3.95. The van der Waals surface area contributed by atoms with Crippen LogP contribution >= 0.6 is 11.3 Å².